The number of aryl methyl sites for hydroxylation is 1. The Kier molecular flexibility index (Phi) is 4.32. The fourth-order valence-electron chi connectivity index (χ4n) is 4.40. The number of piperidine rings is 2. The van der Waals surface area contributed by atoms with Gasteiger partial charge in [0.1, 0.15) is 11.4 Å². The summed E-state index contributed by atoms with van der Waals surface area (Å²) >= 11 is 0. The molecule has 1 unspecified atom stereocenters. The second-order valence-corrected chi connectivity index (χ2v) is 8.26. The minimum Gasteiger partial charge on any atom is -0.342 e. The van der Waals surface area contributed by atoms with Crippen molar-refractivity contribution in [3.63, 3.8) is 0 Å². The zero-order chi connectivity index (χ0) is 18.3. The molecule has 0 aromatic carbocycles. The van der Waals surface area contributed by atoms with Gasteiger partial charge in [-0.15, -0.1) is 0 Å². The van der Waals surface area contributed by atoms with Crippen LogP contribution < -0.4 is 5.56 Å². The van der Waals surface area contributed by atoms with E-state index in [0.717, 1.165) is 32.4 Å². The van der Waals surface area contributed by atoms with Gasteiger partial charge in [-0.25, -0.2) is 4.98 Å². The lowest BCUT2D eigenvalue weighted by atomic mass is 9.73. The Labute approximate surface area is 152 Å². The third kappa shape index (κ3) is 3.39. The highest BCUT2D eigenvalue weighted by Crippen LogP contribution is 2.40. The van der Waals surface area contributed by atoms with Gasteiger partial charge in [0.2, 0.25) is 5.91 Å². The summed E-state index contributed by atoms with van der Waals surface area (Å²) in [6.07, 6.45) is 7.18. The average molecular weight is 358 g/mol. The van der Waals surface area contributed by atoms with Gasteiger partial charge < -0.3 is 14.8 Å². The Bertz CT molecular complexity index is 785. The number of H-pyrrole nitrogens is 1. The van der Waals surface area contributed by atoms with E-state index in [4.69, 9.17) is 0 Å². The molecule has 1 atom stereocenters. The zero-order valence-electron chi connectivity index (χ0n) is 15.3. The summed E-state index contributed by atoms with van der Waals surface area (Å²) in [5.41, 5.74) is -0.299. The van der Waals surface area contributed by atoms with Crippen LogP contribution in [0.15, 0.2) is 11.0 Å². The van der Waals surface area contributed by atoms with Gasteiger partial charge in [-0.05, 0) is 44.9 Å². The second-order valence-electron chi connectivity index (χ2n) is 8.26. The maximum absolute atomic E-state index is 12.9. The molecule has 2 aliphatic heterocycles. The van der Waals surface area contributed by atoms with Gasteiger partial charge in [0, 0.05) is 44.2 Å². The number of nitrogens with one attached hydrogen (secondary N) is 1. The summed E-state index contributed by atoms with van der Waals surface area (Å²) in [5, 5.41) is 0. The second kappa shape index (κ2) is 6.52. The molecule has 3 aliphatic rings. The molecule has 7 heteroatoms. The Morgan fingerprint density at radius 2 is 2.12 bits per heavy atom. The van der Waals surface area contributed by atoms with Crippen molar-refractivity contribution in [1.82, 2.24) is 19.8 Å². The van der Waals surface area contributed by atoms with Crippen molar-refractivity contribution >= 4 is 11.8 Å². The van der Waals surface area contributed by atoms with Gasteiger partial charge in [-0.1, -0.05) is 0 Å². The van der Waals surface area contributed by atoms with E-state index in [1.54, 1.807) is 11.8 Å². The molecule has 2 amide bonds. The van der Waals surface area contributed by atoms with Gasteiger partial charge >= 0.3 is 0 Å². The standard InChI is InChI=1S/C19H26N4O3/c1-13-20-9-15(17(25)21-13)18(26)22-8-2-6-19(11-22)7-5-16(24)23(12-19)10-14-3-4-14/h9,14H,2-8,10-12H2,1H3,(H,20,21,25). The van der Waals surface area contributed by atoms with E-state index < -0.39 is 0 Å². The zero-order valence-corrected chi connectivity index (χ0v) is 15.3. The molecular formula is C19H26N4O3. The molecule has 140 valence electrons. The third-order valence-corrected chi connectivity index (χ3v) is 6.03. The lowest BCUT2D eigenvalue weighted by Gasteiger charge is -2.48. The van der Waals surface area contributed by atoms with Crippen molar-refractivity contribution in [2.24, 2.45) is 11.3 Å². The summed E-state index contributed by atoms with van der Waals surface area (Å²) in [6.45, 7) is 4.59. The first-order chi connectivity index (χ1) is 12.5. The largest absolute Gasteiger partial charge is 0.342 e. The molecule has 0 radical (unpaired) electrons. The third-order valence-electron chi connectivity index (χ3n) is 6.03. The summed E-state index contributed by atoms with van der Waals surface area (Å²) in [7, 11) is 0. The fourth-order valence-corrected chi connectivity index (χ4v) is 4.40. The summed E-state index contributed by atoms with van der Waals surface area (Å²) < 4.78 is 0. The number of hydrogen-bond acceptors (Lipinski definition) is 4. The van der Waals surface area contributed by atoms with Crippen LogP contribution in [-0.4, -0.2) is 57.8 Å². The highest BCUT2D eigenvalue weighted by Gasteiger charge is 2.44. The number of rotatable bonds is 3. The molecule has 3 heterocycles. The quantitative estimate of drug-likeness (QED) is 0.883. The molecule has 7 nitrogen and oxygen atoms in total. The topological polar surface area (TPSA) is 86.4 Å². The number of carbonyl (C=O) groups is 2. The SMILES string of the molecule is Cc1ncc(C(=O)N2CCCC3(CCC(=O)N(CC4CC4)C3)C2)c(=O)[nH]1. The highest BCUT2D eigenvalue weighted by atomic mass is 16.2. The van der Waals surface area contributed by atoms with Crippen LogP contribution >= 0.6 is 0 Å². The maximum Gasteiger partial charge on any atom is 0.263 e. The van der Waals surface area contributed by atoms with E-state index >= 15 is 0 Å². The fraction of sp³-hybridized carbons (Fsp3) is 0.684. The monoisotopic (exact) mass is 358 g/mol. The van der Waals surface area contributed by atoms with Crippen molar-refractivity contribution < 1.29 is 9.59 Å². The molecule has 1 saturated carbocycles. The number of hydrogen-bond donors (Lipinski definition) is 1. The molecule has 1 spiro atoms. The van der Waals surface area contributed by atoms with E-state index in [1.165, 1.54) is 19.0 Å². The van der Waals surface area contributed by atoms with E-state index in [2.05, 4.69) is 9.97 Å². The van der Waals surface area contributed by atoms with Gasteiger partial charge in [0.05, 0.1) is 0 Å². The van der Waals surface area contributed by atoms with Crippen LogP contribution in [-0.2, 0) is 4.79 Å². The van der Waals surface area contributed by atoms with Crippen LogP contribution in [0.25, 0.3) is 0 Å². The minimum atomic E-state index is -0.378. The number of amides is 2. The van der Waals surface area contributed by atoms with Crippen molar-refractivity contribution in [3.05, 3.63) is 27.9 Å². The number of aromatic nitrogens is 2. The molecule has 1 aliphatic carbocycles. The maximum atomic E-state index is 12.9. The van der Waals surface area contributed by atoms with Gasteiger partial charge in [-0.3, -0.25) is 14.4 Å². The molecule has 1 N–H and O–H groups in total. The van der Waals surface area contributed by atoms with E-state index in [0.29, 0.717) is 31.3 Å². The Balaban J connectivity index is 1.50. The number of aromatic amines is 1. The Hall–Kier alpha value is -2.18. The highest BCUT2D eigenvalue weighted by molar-refractivity contribution is 5.93. The first-order valence-electron chi connectivity index (χ1n) is 9.59. The number of carbonyl (C=O) groups excluding carboxylic acids is 2. The summed E-state index contributed by atoms with van der Waals surface area (Å²) in [4.78, 5) is 47.8. The Morgan fingerprint density at radius 3 is 2.85 bits per heavy atom. The molecule has 2 saturated heterocycles. The summed E-state index contributed by atoms with van der Waals surface area (Å²) in [5.74, 6) is 1.18. The van der Waals surface area contributed by atoms with Crippen LogP contribution in [0.4, 0.5) is 0 Å². The molecular weight excluding hydrogens is 332 g/mol. The van der Waals surface area contributed by atoms with E-state index in [-0.39, 0.29) is 28.4 Å². The molecule has 26 heavy (non-hydrogen) atoms. The van der Waals surface area contributed by atoms with Crippen LogP contribution in [0.2, 0.25) is 0 Å². The average Bonchev–Trinajstić information content (AvgIpc) is 3.42. The van der Waals surface area contributed by atoms with Crippen LogP contribution in [0.5, 0.6) is 0 Å². The lowest BCUT2D eigenvalue weighted by molar-refractivity contribution is -0.139. The Morgan fingerprint density at radius 1 is 1.31 bits per heavy atom. The first-order valence-corrected chi connectivity index (χ1v) is 9.59. The van der Waals surface area contributed by atoms with Crippen molar-refractivity contribution in [3.8, 4) is 0 Å². The van der Waals surface area contributed by atoms with Crippen molar-refractivity contribution in [2.45, 2.75) is 45.4 Å². The van der Waals surface area contributed by atoms with Crippen molar-refractivity contribution in [2.75, 3.05) is 26.2 Å². The van der Waals surface area contributed by atoms with Gasteiger partial charge in [0.25, 0.3) is 11.5 Å². The molecule has 3 fully saturated rings. The molecule has 1 aromatic rings. The molecule has 1 aromatic heterocycles. The summed E-state index contributed by atoms with van der Waals surface area (Å²) in [6, 6.07) is 0. The molecule has 0 bridgehead atoms. The lowest BCUT2D eigenvalue weighted by Crippen LogP contribution is -2.55. The first kappa shape index (κ1) is 17.2. The van der Waals surface area contributed by atoms with Crippen LogP contribution in [0.1, 0.15) is 54.7 Å². The smallest absolute Gasteiger partial charge is 0.263 e. The van der Waals surface area contributed by atoms with Crippen LogP contribution in [0.3, 0.4) is 0 Å². The predicted molar refractivity (Wildman–Crippen MR) is 95.7 cm³/mol. The predicted octanol–water partition coefficient (Wildman–Crippen LogP) is 1.33. The number of nitrogens with zero attached hydrogens (tertiary/aromatic N) is 3. The van der Waals surface area contributed by atoms with E-state index in [1.807, 2.05) is 4.90 Å². The normalized spacial score (nSPS) is 26.4. The van der Waals surface area contributed by atoms with Crippen molar-refractivity contribution in [1.29, 1.82) is 0 Å². The van der Waals surface area contributed by atoms with Crippen LogP contribution in [0, 0.1) is 18.3 Å². The number of likely N-dealkylation sites (tertiary alicyclic amines) is 2. The van der Waals surface area contributed by atoms with E-state index in [9.17, 15) is 14.4 Å². The van der Waals surface area contributed by atoms with Gasteiger partial charge in [-0.2, -0.15) is 0 Å². The molecule has 4 rings (SSSR count). The van der Waals surface area contributed by atoms with Gasteiger partial charge in [0.15, 0.2) is 0 Å². The minimum absolute atomic E-state index is 0.0262.